The molecule has 1 aliphatic carbocycles. The minimum absolute atomic E-state index is 0.0756. The molecule has 1 saturated carbocycles. The molecular weight excluding hydrogens is 244 g/mol. The molecule has 0 spiro atoms. The summed E-state index contributed by atoms with van der Waals surface area (Å²) in [6.07, 6.45) is 3.14. The summed E-state index contributed by atoms with van der Waals surface area (Å²) in [5, 5.41) is 0. The summed E-state index contributed by atoms with van der Waals surface area (Å²) >= 11 is 0. The van der Waals surface area contributed by atoms with Gasteiger partial charge in [-0.05, 0) is 32.2 Å². The predicted octanol–water partition coefficient (Wildman–Crippen LogP) is 0.871. The summed E-state index contributed by atoms with van der Waals surface area (Å²) in [5.74, 6) is 0.642. The van der Waals surface area contributed by atoms with E-state index >= 15 is 0 Å². The Morgan fingerprint density at radius 3 is 2.68 bits per heavy atom. The third-order valence-corrected chi connectivity index (χ3v) is 4.04. The summed E-state index contributed by atoms with van der Waals surface area (Å²) in [7, 11) is 3.32. The van der Waals surface area contributed by atoms with Gasteiger partial charge in [0, 0.05) is 26.7 Å². The Morgan fingerprint density at radius 1 is 1.37 bits per heavy atom. The number of rotatable bonds is 8. The van der Waals surface area contributed by atoms with Crippen LogP contribution < -0.4 is 5.73 Å². The third-order valence-electron chi connectivity index (χ3n) is 4.04. The van der Waals surface area contributed by atoms with Gasteiger partial charge in [0.1, 0.15) is 0 Å². The molecule has 3 atom stereocenters. The standard InChI is InChI=1S/C14H28N2O3/c1-11(10-19-3)16(7-8-18-2)14(17)13-6-4-5-12(13)9-15/h11-13H,4-10,15H2,1-3H3. The SMILES string of the molecule is COCCN(C(=O)C1CCCC1CN)C(C)COC. The number of hydrogen-bond acceptors (Lipinski definition) is 4. The van der Waals surface area contributed by atoms with E-state index in [2.05, 4.69) is 0 Å². The molecule has 1 amide bonds. The van der Waals surface area contributed by atoms with Crippen LogP contribution in [0.1, 0.15) is 26.2 Å². The highest BCUT2D eigenvalue weighted by Gasteiger charge is 2.35. The number of amides is 1. The van der Waals surface area contributed by atoms with Crippen LogP contribution in [0.3, 0.4) is 0 Å². The Labute approximate surface area is 116 Å². The number of methoxy groups -OCH3 is 2. The van der Waals surface area contributed by atoms with Gasteiger partial charge in [0.2, 0.25) is 5.91 Å². The highest BCUT2D eigenvalue weighted by Crippen LogP contribution is 2.32. The van der Waals surface area contributed by atoms with Crippen molar-refractivity contribution in [3.63, 3.8) is 0 Å². The van der Waals surface area contributed by atoms with Crippen LogP contribution in [0.5, 0.6) is 0 Å². The number of hydrogen-bond donors (Lipinski definition) is 1. The van der Waals surface area contributed by atoms with Crippen LogP contribution in [0, 0.1) is 11.8 Å². The monoisotopic (exact) mass is 272 g/mol. The van der Waals surface area contributed by atoms with Gasteiger partial charge in [-0.15, -0.1) is 0 Å². The van der Waals surface area contributed by atoms with E-state index in [1.807, 2.05) is 11.8 Å². The lowest BCUT2D eigenvalue weighted by atomic mass is 9.94. The molecule has 5 heteroatoms. The van der Waals surface area contributed by atoms with Crippen molar-refractivity contribution in [2.75, 3.05) is 40.5 Å². The van der Waals surface area contributed by atoms with E-state index in [1.54, 1.807) is 14.2 Å². The second-order valence-corrected chi connectivity index (χ2v) is 5.36. The topological polar surface area (TPSA) is 64.8 Å². The Kier molecular flexibility index (Phi) is 7.34. The average Bonchev–Trinajstić information content (AvgIpc) is 2.87. The Bertz CT molecular complexity index is 273. The quantitative estimate of drug-likeness (QED) is 0.712. The lowest BCUT2D eigenvalue weighted by Gasteiger charge is -2.32. The van der Waals surface area contributed by atoms with Crippen LogP contribution in [0.15, 0.2) is 0 Å². The Hall–Kier alpha value is -0.650. The maximum Gasteiger partial charge on any atom is 0.226 e. The van der Waals surface area contributed by atoms with Crippen molar-refractivity contribution in [1.82, 2.24) is 4.90 Å². The number of ether oxygens (including phenoxy) is 2. The molecule has 1 fully saturated rings. The Balaban J connectivity index is 2.69. The molecule has 0 bridgehead atoms. The van der Waals surface area contributed by atoms with E-state index in [0.717, 1.165) is 19.3 Å². The Morgan fingerprint density at radius 2 is 2.11 bits per heavy atom. The van der Waals surface area contributed by atoms with Gasteiger partial charge >= 0.3 is 0 Å². The molecule has 5 nitrogen and oxygen atoms in total. The van der Waals surface area contributed by atoms with Crippen molar-refractivity contribution in [2.45, 2.75) is 32.2 Å². The van der Waals surface area contributed by atoms with E-state index in [-0.39, 0.29) is 17.9 Å². The molecular formula is C14H28N2O3. The van der Waals surface area contributed by atoms with Crippen molar-refractivity contribution in [1.29, 1.82) is 0 Å². The second kappa shape index (κ2) is 8.51. The zero-order chi connectivity index (χ0) is 14.3. The van der Waals surface area contributed by atoms with Crippen molar-refractivity contribution in [3.05, 3.63) is 0 Å². The first-order chi connectivity index (χ1) is 9.15. The van der Waals surface area contributed by atoms with E-state index < -0.39 is 0 Å². The fraction of sp³-hybridized carbons (Fsp3) is 0.929. The normalized spacial score (nSPS) is 24.4. The maximum absolute atomic E-state index is 12.7. The van der Waals surface area contributed by atoms with Crippen LogP contribution in [-0.2, 0) is 14.3 Å². The van der Waals surface area contributed by atoms with Gasteiger partial charge in [-0.3, -0.25) is 4.79 Å². The third kappa shape index (κ3) is 4.44. The van der Waals surface area contributed by atoms with Crippen LogP contribution in [0.4, 0.5) is 0 Å². The van der Waals surface area contributed by atoms with Crippen molar-refractivity contribution in [3.8, 4) is 0 Å². The fourth-order valence-corrected chi connectivity index (χ4v) is 2.93. The van der Waals surface area contributed by atoms with Gasteiger partial charge in [0.15, 0.2) is 0 Å². The van der Waals surface area contributed by atoms with Crippen LogP contribution in [-0.4, -0.2) is 57.4 Å². The molecule has 1 rings (SSSR count). The van der Waals surface area contributed by atoms with Gasteiger partial charge < -0.3 is 20.1 Å². The maximum atomic E-state index is 12.7. The minimum atomic E-state index is 0.0756. The molecule has 0 radical (unpaired) electrons. The van der Waals surface area contributed by atoms with E-state index in [1.165, 1.54) is 0 Å². The summed E-state index contributed by atoms with van der Waals surface area (Å²) in [4.78, 5) is 14.6. The first-order valence-corrected chi connectivity index (χ1v) is 7.14. The van der Waals surface area contributed by atoms with E-state index in [4.69, 9.17) is 15.2 Å². The van der Waals surface area contributed by atoms with Crippen LogP contribution >= 0.6 is 0 Å². The molecule has 0 aromatic heterocycles. The van der Waals surface area contributed by atoms with Crippen LogP contribution in [0.25, 0.3) is 0 Å². The van der Waals surface area contributed by atoms with Gasteiger partial charge in [-0.2, -0.15) is 0 Å². The van der Waals surface area contributed by atoms with E-state index in [0.29, 0.717) is 32.2 Å². The van der Waals surface area contributed by atoms with E-state index in [9.17, 15) is 4.79 Å². The van der Waals surface area contributed by atoms with Crippen LogP contribution in [0.2, 0.25) is 0 Å². The lowest BCUT2D eigenvalue weighted by molar-refractivity contribution is -0.140. The summed E-state index contributed by atoms with van der Waals surface area (Å²) in [5.41, 5.74) is 5.78. The molecule has 0 aromatic carbocycles. The molecule has 0 aliphatic heterocycles. The zero-order valence-electron chi connectivity index (χ0n) is 12.4. The van der Waals surface area contributed by atoms with Gasteiger partial charge in [0.05, 0.1) is 19.3 Å². The first kappa shape index (κ1) is 16.4. The van der Waals surface area contributed by atoms with Gasteiger partial charge in [-0.1, -0.05) is 6.42 Å². The first-order valence-electron chi connectivity index (χ1n) is 7.14. The molecule has 112 valence electrons. The van der Waals surface area contributed by atoms with Crippen molar-refractivity contribution in [2.24, 2.45) is 17.6 Å². The fourth-order valence-electron chi connectivity index (χ4n) is 2.93. The molecule has 0 aromatic rings. The number of carbonyl (C=O) groups excluding carboxylic acids is 1. The summed E-state index contributed by atoms with van der Waals surface area (Å²) in [6, 6.07) is 0.0756. The van der Waals surface area contributed by atoms with Crippen molar-refractivity contribution < 1.29 is 14.3 Å². The highest BCUT2D eigenvalue weighted by atomic mass is 16.5. The molecule has 3 unspecified atom stereocenters. The second-order valence-electron chi connectivity index (χ2n) is 5.36. The molecule has 0 heterocycles. The predicted molar refractivity (Wildman–Crippen MR) is 74.8 cm³/mol. The average molecular weight is 272 g/mol. The summed E-state index contributed by atoms with van der Waals surface area (Å²) in [6.45, 7) is 4.35. The molecule has 2 N–H and O–H groups in total. The smallest absolute Gasteiger partial charge is 0.226 e. The summed E-state index contributed by atoms with van der Waals surface area (Å²) < 4.78 is 10.3. The van der Waals surface area contributed by atoms with Gasteiger partial charge in [0.25, 0.3) is 0 Å². The number of nitrogens with two attached hydrogens (primary N) is 1. The van der Waals surface area contributed by atoms with Crippen molar-refractivity contribution >= 4 is 5.91 Å². The molecule has 0 saturated heterocycles. The largest absolute Gasteiger partial charge is 0.383 e. The lowest BCUT2D eigenvalue weighted by Crippen LogP contribution is -2.47. The molecule has 19 heavy (non-hydrogen) atoms. The minimum Gasteiger partial charge on any atom is -0.383 e. The number of carbonyl (C=O) groups is 1. The van der Waals surface area contributed by atoms with Gasteiger partial charge in [-0.25, -0.2) is 0 Å². The highest BCUT2D eigenvalue weighted by molar-refractivity contribution is 5.79. The molecule has 1 aliphatic rings. The zero-order valence-corrected chi connectivity index (χ0v) is 12.4. The number of nitrogens with zero attached hydrogens (tertiary/aromatic N) is 1.